The first-order valence-electron chi connectivity index (χ1n) is 6.11. The third kappa shape index (κ3) is 5.03. The van der Waals surface area contributed by atoms with Crippen molar-refractivity contribution in [2.45, 2.75) is 32.5 Å². The molecule has 0 aliphatic heterocycles. The number of nitrogens with zero attached hydrogens (tertiary/aromatic N) is 1. The van der Waals surface area contributed by atoms with Gasteiger partial charge in [0.2, 0.25) is 0 Å². The van der Waals surface area contributed by atoms with Gasteiger partial charge >= 0.3 is 6.18 Å². The van der Waals surface area contributed by atoms with Crippen LogP contribution in [-0.4, -0.2) is 19.3 Å². The summed E-state index contributed by atoms with van der Waals surface area (Å²) in [5, 5.41) is 0. The molecule has 19 heavy (non-hydrogen) atoms. The zero-order valence-electron chi connectivity index (χ0n) is 11.0. The van der Waals surface area contributed by atoms with Gasteiger partial charge in [0.1, 0.15) is 6.54 Å². The minimum atomic E-state index is -4.21. The number of alkyl halides is 3. The molecule has 0 saturated heterocycles. The van der Waals surface area contributed by atoms with Crippen LogP contribution in [0.2, 0.25) is 0 Å². The third-order valence-corrected chi connectivity index (χ3v) is 3.34. The molecule has 6 heteroatoms. The normalized spacial score (nSPS) is 13.4. The summed E-state index contributed by atoms with van der Waals surface area (Å²) in [6.45, 7) is 3.10. The molecule has 0 aliphatic carbocycles. The maximum absolute atomic E-state index is 12.6. The van der Waals surface area contributed by atoms with Crippen molar-refractivity contribution in [3.63, 3.8) is 0 Å². The first-order chi connectivity index (χ1) is 8.74. The van der Waals surface area contributed by atoms with Gasteiger partial charge in [-0.25, -0.2) is 0 Å². The van der Waals surface area contributed by atoms with Crippen LogP contribution in [0.4, 0.5) is 18.9 Å². The summed E-state index contributed by atoms with van der Waals surface area (Å²) in [6, 6.07) is 5.08. The van der Waals surface area contributed by atoms with E-state index in [9.17, 15) is 13.2 Å². The second kappa shape index (κ2) is 6.61. The van der Waals surface area contributed by atoms with Gasteiger partial charge in [-0.05, 0) is 47.0 Å². The van der Waals surface area contributed by atoms with Crippen molar-refractivity contribution < 1.29 is 13.2 Å². The lowest BCUT2D eigenvalue weighted by atomic mass is 10.1. The SMILES string of the molecule is CCCN(CC(F)(F)F)c1ccc([C@@H](C)N)cc1Br. The summed E-state index contributed by atoms with van der Waals surface area (Å²) in [7, 11) is 0. The molecule has 0 saturated carbocycles. The molecule has 0 aromatic heterocycles. The topological polar surface area (TPSA) is 29.3 Å². The maximum Gasteiger partial charge on any atom is 0.405 e. The highest BCUT2D eigenvalue weighted by molar-refractivity contribution is 9.10. The number of halogens is 4. The van der Waals surface area contributed by atoms with Gasteiger partial charge in [-0.1, -0.05) is 13.0 Å². The van der Waals surface area contributed by atoms with Crippen molar-refractivity contribution in [3.8, 4) is 0 Å². The number of hydrogen-bond donors (Lipinski definition) is 1. The van der Waals surface area contributed by atoms with Gasteiger partial charge < -0.3 is 10.6 Å². The van der Waals surface area contributed by atoms with Crippen LogP contribution in [0.5, 0.6) is 0 Å². The van der Waals surface area contributed by atoms with Crippen LogP contribution in [0.3, 0.4) is 0 Å². The number of rotatable bonds is 5. The second-order valence-corrected chi connectivity index (χ2v) is 5.39. The summed E-state index contributed by atoms with van der Waals surface area (Å²) in [5.74, 6) is 0. The molecule has 0 radical (unpaired) electrons. The van der Waals surface area contributed by atoms with Crippen LogP contribution in [0, 0.1) is 0 Å². The molecule has 2 N–H and O–H groups in total. The monoisotopic (exact) mass is 338 g/mol. The molecule has 0 aliphatic rings. The standard InChI is InChI=1S/C13H18BrF3N2/c1-3-6-19(8-13(15,16)17)12-5-4-10(9(2)18)7-11(12)14/h4-5,7,9H,3,6,8,18H2,1-2H3/t9-/m1/s1. The van der Waals surface area contributed by atoms with Crippen LogP contribution in [-0.2, 0) is 0 Å². The molecule has 108 valence electrons. The zero-order valence-corrected chi connectivity index (χ0v) is 12.6. The van der Waals surface area contributed by atoms with Gasteiger partial charge in [0.25, 0.3) is 0 Å². The Balaban J connectivity index is 3.02. The van der Waals surface area contributed by atoms with E-state index in [2.05, 4.69) is 15.9 Å². The van der Waals surface area contributed by atoms with Crippen LogP contribution >= 0.6 is 15.9 Å². The summed E-state index contributed by atoms with van der Waals surface area (Å²) in [6.07, 6.45) is -3.56. The van der Waals surface area contributed by atoms with Crippen molar-refractivity contribution in [1.29, 1.82) is 0 Å². The van der Waals surface area contributed by atoms with Crippen LogP contribution in [0.15, 0.2) is 22.7 Å². The first kappa shape index (κ1) is 16.3. The van der Waals surface area contributed by atoms with E-state index in [-0.39, 0.29) is 6.04 Å². The Morgan fingerprint density at radius 1 is 1.37 bits per heavy atom. The Labute approximate surface area is 119 Å². The Kier molecular flexibility index (Phi) is 5.67. The molecule has 0 bridgehead atoms. The van der Waals surface area contributed by atoms with Crippen molar-refractivity contribution in [1.82, 2.24) is 0 Å². The molecule has 0 unspecified atom stereocenters. The molecule has 0 fully saturated rings. The van der Waals surface area contributed by atoms with Crippen molar-refractivity contribution in [3.05, 3.63) is 28.2 Å². The molecular formula is C13H18BrF3N2. The Hall–Kier alpha value is -0.750. The highest BCUT2D eigenvalue weighted by Crippen LogP contribution is 2.31. The highest BCUT2D eigenvalue weighted by Gasteiger charge is 2.31. The molecule has 1 aromatic rings. The van der Waals surface area contributed by atoms with Gasteiger partial charge in [0.05, 0.1) is 5.69 Å². The lowest BCUT2D eigenvalue weighted by Gasteiger charge is -2.27. The van der Waals surface area contributed by atoms with E-state index in [0.29, 0.717) is 23.1 Å². The number of benzene rings is 1. The fraction of sp³-hybridized carbons (Fsp3) is 0.538. The van der Waals surface area contributed by atoms with Gasteiger partial charge in [0, 0.05) is 17.1 Å². The summed E-state index contributed by atoms with van der Waals surface area (Å²) < 4.78 is 38.4. The molecule has 1 atom stereocenters. The van der Waals surface area contributed by atoms with E-state index in [4.69, 9.17) is 5.73 Å². The minimum Gasteiger partial charge on any atom is -0.362 e. The van der Waals surface area contributed by atoms with Gasteiger partial charge in [-0.3, -0.25) is 0 Å². The second-order valence-electron chi connectivity index (χ2n) is 4.54. The van der Waals surface area contributed by atoms with Crippen LogP contribution in [0.25, 0.3) is 0 Å². The predicted molar refractivity (Wildman–Crippen MR) is 75.3 cm³/mol. The van der Waals surface area contributed by atoms with Crippen molar-refractivity contribution in [2.75, 3.05) is 18.0 Å². The average Bonchev–Trinajstić information content (AvgIpc) is 2.26. The van der Waals surface area contributed by atoms with Crippen molar-refractivity contribution in [2.24, 2.45) is 5.73 Å². The molecule has 0 amide bonds. The Morgan fingerprint density at radius 3 is 2.42 bits per heavy atom. The van der Waals surface area contributed by atoms with Gasteiger partial charge in [-0.15, -0.1) is 0 Å². The molecule has 0 spiro atoms. The third-order valence-electron chi connectivity index (χ3n) is 2.70. The predicted octanol–water partition coefficient (Wildman–Crippen LogP) is 4.25. The number of anilines is 1. The molecule has 2 nitrogen and oxygen atoms in total. The molecule has 0 heterocycles. The first-order valence-corrected chi connectivity index (χ1v) is 6.90. The largest absolute Gasteiger partial charge is 0.405 e. The molecule has 1 aromatic carbocycles. The Morgan fingerprint density at radius 2 is 2.00 bits per heavy atom. The quantitative estimate of drug-likeness (QED) is 0.869. The van der Waals surface area contributed by atoms with Crippen molar-refractivity contribution >= 4 is 21.6 Å². The lowest BCUT2D eigenvalue weighted by Crippen LogP contribution is -2.35. The van der Waals surface area contributed by atoms with Gasteiger partial charge in [0.15, 0.2) is 0 Å². The fourth-order valence-electron chi connectivity index (χ4n) is 1.83. The fourth-order valence-corrected chi connectivity index (χ4v) is 2.48. The van der Waals surface area contributed by atoms with Crippen LogP contribution in [0.1, 0.15) is 31.9 Å². The number of hydrogen-bond acceptors (Lipinski definition) is 2. The van der Waals surface area contributed by atoms with E-state index >= 15 is 0 Å². The van der Waals surface area contributed by atoms with E-state index in [1.165, 1.54) is 4.90 Å². The van der Waals surface area contributed by atoms with E-state index < -0.39 is 12.7 Å². The van der Waals surface area contributed by atoms with Crippen LogP contribution < -0.4 is 10.6 Å². The van der Waals surface area contributed by atoms with Gasteiger partial charge in [-0.2, -0.15) is 13.2 Å². The van der Waals surface area contributed by atoms with E-state index in [1.54, 1.807) is 18.2 Å². The summed E-state index contributed by atoms with van der Waals surface area (Å²) >= 11 is 3.33. The van der Waals surface area contributed by atoms with E-state index in [1.807, 2.05) is 13.8 Å². The molecule has 1 rings (SSSR count). The lowest BCUT2D eigenvalue weighted by molar-refractivity contribution is -0.119. The average molecular weight is 339 g/mol. The maximum atomic E-state index is 12.6. The minimum absolute atomic E-state index is 0.146. The molecular weight excluding hydrogens is 321 g/mol. The smallest absolute Gasteiger partial charge is 0.362 e. The highest BCUT2D eigenvalue weighted by atomic mass is 79.9. The number of nitrogens with two attached hydrogens (primary N) is 1. The zero-order chi connectivity index (χ0) is 14.6. The summed E-state index contributed by atoms with van der Waals surface area (Å²) in [4.78, 5) is 1.33. The van der Waals surface area contributed by atoms with E-state index in [0.717, 1.165) is 5.56 Å². The summed E-state index contributed by atoms with van der Waals surface area (Å²) in [5.41, 5.74) is 7.19. The Bertz CT molecular complexity index is 419.